The molecule has 3 aliphatic heterocycles. The van der Waals surface area contributed by atoms with Crippen LogP contribution in [0.1, 0.15) is 45.1 Å². The number of nitrogens with one attached hydrogen (secondary N) is 3. The Morgan fingerprint density at radius 3 is 2.38 bits per heavy atom. The number of halogens is 1. The second kappa shape index (κ2) is 14.1. The number of para-hydroxylation sites is 2. The number of piperidine rings is 1. The van der Waals surface area contributed by atoms with Gasteiger partial charge in [-0.3, -0.25) is 9.69 Å². The number of anilines is 6. The molecular weight excluding hydrogens is 676 g/mol. The van der Waals surface area contributed by atoms with Crippen molar-refractivity contribution in [3.05, 3.63) is 52.6 Å². The van der Waals surface area contributed by atoms with Crippen LogP contribution in [-0.2, 0) is 11.2 Å². The molecule has 7 rings (SSSR count). The van der Waals surface area contributed by atoms with Gasteiger partial charge < -0.3 is 29.9 Å². The van der Waals surface area contributed by atoms with Gasteiger partial charge in [-0.05, 0) is 95.6 Å². The van der Waals surface area contributed by atoms with Crippen LogP contribution in [0, 0.1) is 11.8 Å². The van der Waals surface area contributed by atoms with Crippen LogP contribution >= 0.6 is 27.9 Å². The minimum atomic E-state index is 0.224. The number of fused-ring (bicyclic) bond motifs is 1. The average molecular weight is 722 g/mol. The highest BCUT2D eigenvalue weighted by molar-refractivity contribution is 9.10. The fourth-order valence-corrected chi connectivity index (χ4v) is 8.43. The van der Waals surface area contributed by atoms with Gasteiger partial charge in [0.25, 0.3) is 0 Å². The average Bonchev–Trinajstić information content (AvgIpc) is 3.70. The number of carbonyl (C=O) groups excluding carboxylic acids is 1. The molecule has 0 spiro atoms. The maximum absolute atomic E-state index is 11.9. The van der Waals surface area contributed by atoms with E-state index >= 15 is 0 Å². The Morgan fingerprint density at radius 1 is 1.00 bits per heavy atom. The zero-order valence-corrected chi connectivity index (χ0v) is 29.9. The Bertz CT molecular complexity index is 1580. The molecule has 250 valence electrons. The number of benzene rings is 2. The lowest BCUT2D eigenvalue weighted by Gasteiger charge is -2.39. The van der Waals surface area contributed by atoms with E-state index in [0.29, 0.717) is 34.9 Å². The van der Waals surface area contributed by atoms with E-state index < -0.39 is 0 Å². The van der Waals surface area contributed by atoms with E-state index in [0.717, 1.165) is 85.8 Å². The summed E-state index contributed by atoms with van der Waals surface area (Å²) in [5, 5.41) is 7.62. The van der Waals surface area contributed by atoms with Crippen molar-refractivity contribution in [2.45, 2.75) is 57.2 Å². The molecule has 12 heteroatoms. The minimum Gasteiger partial charge on any atom is -0.494 e. The van der Waals surface area contributed by atoms with Crippen LogP contribution in [-0.4, -0.2) is 83.3 Å². The number of aryl methyl sites for hydroxylation is 1. The van der Waals surface area contributed by atoms with Crippen LogP contribution in [0.2, 0.25) is 0 Å². The van der Waals surface area contributed by atoms with Crippen LogP contribution in [0.25, 0.3) is 0 Å². The first-order chi connectivity index (χ1) is 22.9. The minimum absolute atomic E-state index is 0.224. The van der Waals surface area contributed by atoms with E-state index in [-0.39, 0.29) is 5.91 Å². The summed E-state index contributed by atoms with van der Waals surface area (Å²) in [4.78, 5) is 28.5. The number of aromatic nitrogens is 2. The van der Waals surface area contributed by atoms with Crippen molar-refractivity contribution in [3.63, 3.8) is 0 Å². The van der Waals surface area contributed by atoms with Gasteiger partial charge in [0.2, 0.25) is 11.9 Å². The van der Waals surface area contributed by atoms with Crippen molar-refractivity contribution in [1.82, 2.24) is 19.8 Å². The highest BCUT2D eigenvalue weighted by Crippen LogP contribution is 2.40. The Balaban J connectivity index is 1.02. The van der Waals surface area contributed by atoms with E-state index in [1.165, 1.54) is 24.1 Å². The monoisotopic (exact) mass is 720 g/mol. The summed E-state index contributed by atoms with van der Waals surface area (Å²) in [7, 11) is 1.72. The van der Waals surface area contributed by atoms with Gasteiger partial charge in [0.15, 0.2) is 0 Å². The highest BCUT2D eigenvalue weighted by Gasteiger charge is 2.43. The third-order valence-corrected chi connectivity index (χ3v) is 11.8. The first-order valence-electron chi connectivity index (χ1n) is 16.9. The molecule has 47 heavy (non-hydrogen) atoms. The second-order valence-electron chi connectivity index (χ2n) is 13.3. The van der Waals surface area contributed by atoms with Crippen molar-refractivity contribution in [2.24, 2.45) is 11.8 Å². The molecule has 4 aliphatic rings. The molecule has 1 aliphatic carbocycles. The van der Waals surface area contributed by atoms with Gasteiger partial charge >= 0.3 is 0 Å². The standard InChI is InChI=1S/C35H45BrN8O2S/c1-4-23-15-31(39-35-37-17-28(36)34(40-35)38-29-7-5-6-8-30(29)41-47-27-9-10-27)33(46-3)16-32(23)42-13-11-26(12-14-42)44-20-24-18-43(22(2)45)19-25(24)21-44/h5-8,15-17,24-27,41H,4,9-14,18-21H2,1-3H3,(H2,37,38,39,40). The van der Waals surface area contributed by atoms with Crippen LogP contribution < -0.4 is 25.0 Å². The van der Waals surface area contributed by atoms with Crippen molar-refractivity contribution in [2.75, 3.05) is 66.6 Å². The molecule has 1 amide bonds. The van der Waals surface area contributed by atoms with Crippen molar-refractivity contribution >= 4 is 68.3 Å². The molecule has 10 nitrogen and oxygen atoms in total. The third-order valence-electron chi connectivity index (χ3n) is 10.1. The summed E-state index contributed by atoms with van der Waals surface area (Å²) in [6.45, 7) is 10.1. The van der Waals surface area contributed by atoms with Gasteiger partial charge in [-0.1, -0.05) is 19.1 Å². The topological polar surface area (TPSA) is 97.9 Å². The molecule has 1 saturated carbocycles. The largest absolute Gasteiger partial charge is 0.494 e. The molecule has 2 atom stereocenters. The number of carbonyl (C=O) groups is 1. The zero-order chi connectivity index (χ0) is 32.5. The lowest BCUT2D eigenvalue weighted by Crippen LogP contribution is -2.45. The van der Waals surface area contributed by atoms with Gasteiger partial charge in [0, 0.05) is 75.4 Å². The molecule has 3 N–H and O–H groups in total. The first-order valence-corrected chi connectivity index (χ1v) is 18.6. The normalized spacial score (nSPS) is 21.5. The summed E-state index contributed by atoms with van der Waals surface area (Å²) in [5.41, 5.74) is 5.35. The van der Waals surface area contributed by atoms with Gasteiger partial charge in [0.05, 0.1) is 28.6 Å². The SMILES string of the molecule is CCc1cc(Nc2ncc(Br)c(Nc3ccccc3NSC3CC3)n2)c(OC)cc1N1CCC(N2CC3CN(C(C)=O)CC3C2)CC1. The lowest BCUT2D eigenvalue weighted by atomic mass is 10.00. The number of nitrogens with zero attached hydrogens (tertiary/aromatic N) is 5. The zero-order valence-electron chi connectivity index (χ0n) is 27.5. The number of methoxy groups -OCH3 is 1. The molecule has 2 unspecified atom stereocenters. The Labute approximate surface area is 290 Å². The Kier molecular flexibility index (Phi) is 9.70. The Hall–Kier alpha value is -3.22. The van der Waals surface area contributed by atoms with E-state index in [2.05, 4.69) is 77.3 Å². The second-order valence-corrected chi connectivity index (χ2v) is 15.2. The van der Waals surface area contributed by atoms with Gasteiger partial charge in [0.1, 0.15) is 11.6 Å². The summed E-state index contributed by atoms with van der Waals surface area (Å²) >= 11 is 5.41. The van der Waals surface area contributed by atoms with Crippen LogP contribution in [0.4, 0.5) is 34.5 Å². The number of hydrogen-bond acceptors (Lipinski definition) is 10. The smallest absolute Gasteiger partial charge is 0.229 e. The predicted octanol–water partition coefficient (Wildman–Crippen LogP) is 6.90. The van der Waals surface area contributed by atoms with Crippen LogP contribution in [0.3, 0.4) is 0 Å². The highest BCUT2D eigenvalue weighted by atomic mass is 79.9. The summed E-state index contributed by atoms with van der Waals surface area (Å²) in [6, 6.07) is 13.2. The van der Waals surface area contributed by atoms with Crippen molar-refractivity contribution in [3.8, 4) is 5.75 Å². The van der Waals surface area contributed by atoms with Crippen molar-refractivity contribution < 1.29 is 9.53 Å². The predicted molar refractivity (Wildman–Crippen MR) is 195 cm³/mol. The maximum atomic E-state index is 11.9. The number of hydrogen-bond donors (Lipinski definition) is 3. The quantitative estimate of drug-likeness (QED) is 0.182. The summed E-state index contributed by atoms with van der Waals surface area (Å²) in [5.74, 6) is 3.44. The van der Waals surface area contributed by atoms with Gasteiger partial charge in [-0.2, -0.15) is 4.98 Å². The molecule has 0 radical (unpaired) electrons. The number of likely N-dealkylation sites (tertiary alicyclic amines) is 2. The fourth-order valence-electron chi connectivity index (χ4n) is 7.29. The maximum Gasteiger partial charge on any atom is 0.229 e. The number of ether oxygens (including phenoxy) is 1. The molecular formula is C35H45BrN8O2S. The van der Waals surface area contributed by atoms with Gasteiger partial charge in [-0.25, -0.2) is 4.98 Å². The molecule has 1 aromatic heterocycles. The van der Waals surface area contributed by atoms with E-state index in [4.69, 9.17) is 9.72 Å². The fraction of sp³-hybridized carbons (Fsp3) is 0.514. The molecule has 4 fully saturated rings. The van der Waals surface area contributed by atoms with E-state index in [1.807, 2.05) is 17.0 Å². The van der Waals surface area contributed by atoms with E-state index in [1.54, 1.807) is 32.2 Å². The molecule has 0 bridgehead atoms. The van der Waals surface area contributed by atoms with Crippen LogP contribution in [0.15, 0.2) is 47.1 Å². The summed E-state index contributed by atoms with van der Waals surface area (Å²) in [6.07, 6.45) is 7.53. The summed E-state index contributed by atoms with van der Waals surface area (Å²) < 4.78 is 10.2. The Morgan fingerprint density at radius 2 is 1.72 bits per heavy atom. The van der Waals surface area contributed by atoms with Crippen LogP contribution in [0.5, 0.6) is 5.75 Å². The molecule has 2 aromatic carbocycles. The van der Waals surface area contributed by atoms with E-state index in [9.17, 15) is 4.79 Å². The van der Waals surface area contributed by atoms with Gasteiger partial charge in [-0.15, -0.1) is 0 Å². The van der Waals surface area contributed by atoms with Crippen molar-refractivity contribution in [1.29, 1.82) is 0 Å². The number of amides is 1. The molecule has 4 heterocycles. The lowest BCUT2D eigenvalue weighted by molar-refractivity contribution is -0.128. The first kappa shape index (κ1) is 32.3. The third kappa shape index (κ3) is 7.29. The molecule has 3 saturated heterocycles. The number of rotatable bonds is 11. The molecule has 3 aromatic rings.